The topological polar surface area (TPSA) is 60.4 Å². The summed E-state index contributed by atoms with van der Waals surface area (Å²) in [5.74, 6) is -0.660. The maximum Gasteiger partial charge on any atom is 0.177 e. The number of hydrogen-bond donors (Lipinski definition) is 0. The fourth-order valence-corrected chi connectivity index (χ4v) is 4.84. The molecule has 0 amide bonds. The fraction of sp³-hybridized carbons (Fsp3) is 0.562. The number of hydrogen-bond acceptors (Lipinski definition) is 4. The molecule has 21 heavy (non-hydrogen) atoms. The van der Waals surface area contributed by atoms with Gasteiger partial charge < -0.3 is 4.74 Å². The number of ether oxygens (including phenoxy) is 1. The van der Waals surface area contributed by atoms with Gasteiger partial charge in [-0.1, -0.05) is 12.1 Å². The predicted molar refractivity (Wildman–Crippen MR) is 80.4 cm³/mol. The number of carbonyl (C=O) groups is 1. The van der Waals surface area contributed by atoms with Crippen LogP contribution in [0.1, 0.15) is 40.7 Å². The van der Waals surface area contributed by atoms with Gasteiger partial charge in [0, 0.05) is 18.8 Å². The second-order valence-corrected chi connectivity index (χ2v) is 8.16. The van der Waals surface area contributed by atoms with Crippen LogP contribution in [0.3, 0.4) is 0 Å². The molecule has 1 aromatic rings. The lowest BCUT2D eigenvalue weighted by molar-refractivity contribution is 0.0971. The Hall–Kier alpha value is -1.20. The normalized spacial score (nSPS) is 19.4. The van der Waals surface area contributed by atoms with E-state index in [1.165, 1.54) is 11.1 Å². The van der Waals surface area contributed by atoms with Gasteiger partial charge in [-0.25, -0.2) is 8.42 Å². The Morgan fingerprint density at radius 1 is 1.14 bits per heavy atom. The number of carbonyl (C=O) groups excluding carboxylic acids is 1. The molecule has 0 radical (unpaired) electrons. The first-order valence-corrected chi connectivity index (χ1v) is 9.22. The highest BCUT2D eigenvalue weighted by Gasteiger charge is 2.30. The average Bonchev–Trinajstić information content (AvgIpc) is 2.95. The zero-order valence-corrected chi connectivity index (χ0v) is 12.8. The molecule has 0 bridgehead atoms. The number of fused-ring (bicyclic) bond motifs is 1. The van der Waals surface area contributed by atoms with E-state index in [1.54, 1.807) is 6.07 Å². The zero-order chi connectivity index (χ0) is 14.9. The molecule has 1 aromatic carbocycles. The van der Waals surface area contributed by atoms with Crippen LogP contribution in [0.4, 0.5) is 0 Å². The van der Waals surface area contributed by atoms with Crippen molar-refractivity contribution in [2.45, 2.75) is 37.4 Å². The van der Waals surface area contributed by atoms with Crippen molar-refractivity contribution in [3.8, 4) is 0 Å². The van der Waals surface area contributed by atoms with Gasteiger partial charge in [0.25, 0.3) is 0 Å². The van der Waals surface area contributed by atoms with Crippen LogP contribution in [0.2, 0.25) is 0 Å². The Bertz CT molecular complexity index is 642. The van der Waals surface area contributed by atoms with Crippen LogP contribution in [0, 0.1) is 0 Å². The van der Waals surface area contributed by atoms with E-state index in [2.05, 4.69) is 0 Å². The molecule has 0 atom stereocenters. The number of benzene rings is 1. The Balaban J connectivity index is 1.73. The molecule has 0 N–H and O–H groups in total. The quantitative estimate of drug-likeness (QED) is 0.798. The third-order valence-electron chi connectivity index (χ3n) is 4.43. The summed E-state index contributed by atoms with van der Waals surface area (Å²) < 4.78 is 29.8. The van der Waals surface area contributed by atoms with Gasteiger partial charge >= 0.3 is 0 Å². The first-order valence-electron chi connectivity index (χ1n) is 7.50. The highest BCUT2D eigenvalue weighted by atomic mass is 32.2. The van der Waals surface area contributed by atoms with E-state index < -0.39 is 15.1 Å². The second-order valence-electron chi connectivity index (χ2n) is 5.88. The summed E-state index contributed by atoms with van der Waals surface area (Å²) in [6.45, 7) is 0.938. The lowest BCUT2D eigenvalue weighted by Gasteiger charge is -2.21. The molecule has 1 aliphatic heterocycles. The Kier molecular flexibility index (Phi) is 4.13. The molecule has 114 valence electrons. The number of ketones is 1. The van der Waals surface area contributed by atoms with Crippen molar-refractivity contribution >= 4 is 15.6 Å². The van der Waals surface area contributed by atoms with Crippen molar-refractivity contribution < 1.29 is 17.9 Å². The van der Waals surface area contributed by atoms with Crippen LogP contribution in [0.5, 0.6) is 0 Å². The number of sulfone groups is 1. The Morgan fingerprint density at radius 2 is 1.86 bits per heavy atom. The summed E-state index contributed by atoms with van der Waals surface area (Å²) in [5.41, 5.74) is 3.02. The van der Waals surface area contributed by atoms with Gasteiger partial charge in [0.2, 0.25) is 0 Å². The standard InChI is InChI=1S/C16H20O4S/c17-16(11-21(18,19)15-6-8-20-9-7-15)14-5-4-12-2-1-3-13(12)10-14/h4-5,10,15H,1-3,6-9,11H2. The molecule has 0 spiro atoms. The molecular weight excluding hydrogens is 288 g/mol. The average molecular weight is 308 g/mol. The van der Waals surface area contributed by atoms with Crippen molar-refractivity contribution in [3.05, 3.63) is 34.9 Å². The van der Waals surface area contributed by atoms with Gasteiger partial charge in [-0.2, -0.15) is 0 Å². The lowest BCUT2D eigenvalue weighted by atomic mass is 10.0. The predicted octanol–water partition coefficient (Wildman–Crippen LogP) is 1.95. The highest BCUT2D eigenvalue weighted by Crippen LogP contribution is 2.24. The van der Waals surface area contributed by atoms with Gasteiger partial charge in [0.1, 0.15) is 5.75 Å². The van der Waals surface area contributed by atoms with E-state index in [9.17, 15) is 13.2 Å². The van der Waals surface area contributed by atoms with E-state index in [0.29, 0.717) is 31.6 Å². The maximum atomic E-state index is 12.3. The smallest absolute Gasteiger partial charge is 0.177 e. The van der Waals surface area contributed by atoms with Crippen molar-refractivity contribution in [2.24, 2.45) is 0 Å². The van der Waals surface area contributed by atoms with E-state index in [1.807, 2.05) is 12.1 Å². The van der Waals surface area contributed by atoms with Gasteiger partial charge in [-0.3, -0.25) is 4.79 Å². The van der Waals surface area contributed by atoms with Crippen LogP contribution in [0.15, 0.2) is 18.2 Å². The van der Waals surface area contributed by atoms with Crippen molar-refractivity contribution in [1.82, 2.24) is 0 Å². The number of aryl methyl sites for hydroxylation is 2. The molecule has 4 nitrogen and oxygen atoms in total. The largest absolute Gasteiger partial charge is 0.381 e. The van der Waals surface area contributed by atoms with E-state index in [-0.39, 0.29) is 11.5 Å². The number of rotatable bonds is 4. The summed E-state index contributed by atoms with van der Waals surface area (Å²) in [5, 5.41) is -0.426. The monoisotopic (exact) mass is 308 g/mol. The van der Waals surface area contributed by atoms with Crippen LogP contribution in [-0.2, 0) is 27.4 Å². The molecule has 1 heterocycles. The summed E-state index contributed by atoms with van der Waals surface area (Å²) in [6.07, 6.45) is 4.17. The SMILES string of the molecule is O=C(CS(=O)(=O)C1CCOCC1)c1ccc2c(c1)CCC2. The van der Waals surface area contributed by atoms with Crippen molar-refractivity contribution in [1.29, 1.82) is 0 Å². The molecule has 0 aromatic heterocycles. The van der Waals surface area contributed by atoms with Gasteiger partial charge in [-0.15, -0.1) is 0 Å². The zero-order valence-electron chi connectivity index (χ0n) is 12.0. The third-order valence-corrected chi connectivity index (χ3v) is 6.58. The molecule has 1 fully saturated rings. The first-order chi connectivity index (χ1) is 10.1. The first kappa shape index (κ1) is 14.7. The Morgan fingerprint density at radius 3 is 2.62 bits per heavy atom. The number of Topliss-reactive ketones (excluding diaryl/α,β-unsaturated/α-hetero) is 1. The molecule has 1 saturated heterocycles. The molecular formula is C16H20O4S. The van der Waals surface area contributed by atoms with Crippen LogP contribution >= 0.6 is 0 Å². The van der Waals surface area contributed by atoms with Crippen molar-refractivity contribution in [2.75, 3.05) is 19.0 Å². The minimum Gasteiger partial charge on any atom is -0.381 e. The van der Waals surface area contributed by atoms with Crippen LogP contribution in [0.25, 0.3) is 0 Å². The van der Waals surface area contributed by atoms with Crippen LogP contribution in [-0.4, -0.2) is 38.4 Å². The molecule has 0 unspecified atom stereocenters. The minimum atomic E-state index is -3.37. The summed E-state index contributed by atoms with van der Waals surface area (Å²) in [7, 11) is -3.37. The minimum absolute atomic E-state index is 0.281. The fourth-order valence-electron chi connectivity index (χ4n) is 3.16. The maximum absolute atomic E-state index is 12.3. The molecule has 2 aliphatic rings. The van der Waals surface area contributed by atoms with E-state index in [0.717, 1.165) is 19.3 Å². The summed E-state index contributed by atoms with van der Waals surface area (Å²) in [6, 6.07) is 5.62. The van der Waals surface area contributed by atoms with Gasteiger partial charge in [0.05, 0.1) is 5.25 Å². The van der Waals surface area contributed by atoms with Crippen LogP contribution < -0.4 is 0 Å². The second kappa shape index (κ2) is 5.89. The summed E-state index contributed by atoms with van der Waals surface area (Å²) in [4.78, 5) is 12.3. The van der Waals surface area contributed by atoms with Gasteiger partial charge in [-0.05, 0) is 49.3 Å². The third kappa shape index (κ3) is 3.19. The molecule has 5 heteroatoms. The molecule has 0 saturated carbocycles. The summed E-state index contributed by atoms with van der Waals surface area (Å²) >= 11 is 0. The molecule has 3 rings (SSSR count). The lowest BCUT2D eigenvalue weighted by Crippen LogP contribution is -2.33. The molecule has 1 aliphatic carbocycles. The van der Waals surface area contributed by atoms with Crippen molar-refractivity contribution in [3.63, 3.8) is 0 Å². The highest BCUT2D eigenvalue weighted by molar-refractivity contribution is 7.92. The Labute approximate surface area is 125 Å². The van der Waals surface area contributed by atoms with Gasteiger partial charge in [0.15, 0.2) is 15.6 Å². The van der Waals surface area contributed by atoms with E-state index >= 15 is 0 Å². The van der Waals surface area contributed by atoms with E-state index in [4.69, 9.17) is 4.74 Å².